The Kier molecular flexibility index (Phi) is 58.5. The first-order valence-corrected chi connectivity index (χ1v) is 6.97. The molecule has 1 rings (SSSR count). The summed E-state index contributed by atoms with van der Waals surface area (Å²) in [5.74, 6) is 0. The van der Waals surface area contributed by atoms with E-state index in [2.05, 4.69) is 77.3 Å². The van der Waals surface area contributed by atoms with E-state index in [-0.39, 0.29) is 4.57 Å². The van der Waals surface area contributed by atoms with E-state index in [0.29, 0.717) is 6.42 Å². The molecule has 1 aromatic carbocycles. The van der Waals surface area contributed by atoms with Crippen molar-refractivity contribution in [1.29, 1.82) is 0 Å². The maximum absolute atomic E-state index is 10.6. The molecular formula is C18H21CrNO6. The van der Waals surface area contributed by atoms with Crippen LogP contribution in [0.15, 0.2) is 30.3 Å². The summed E-state index contributed by atoms with van der Waals surface area (Å²) in [5, 5.41) is 10.6. The average Bonchev–Trinajstić information content (AvgIpc) is 2.68. The summed E-state index contributed by atoms with van der Waals surface area (Å²) < 4.78 is 38.6. The Labute approximate surface area is 163 Å². The first kappa shape index (κ1) is 39.4. The third-order valence-electron chi connectivity index (χ3n) is 1.46. The van der Waals surface area contributed by atoms with Crippen LogP contribution >= 0.6 is 0 Å². The van der Waals surface area contributed by atoms with Crippen molar-refractivity contribution in [3.05, 3.63) is 69.1 Å². The second-order valence-corrected chi connectivity index (χ2v) is 5.75. The van der Waals surface area contributed by atoms with E-state index < -0.39 is 0 Å². The topological polar surface area (TPSA) is 123 Å². The van der Waals surface area contributed by atoms with Crippen LogP contribution in [0.3, 0.4) is 0 Å². The van der Waals surface area contributed by atoms with Crippen molar-refractivity contribution in [2.75, 3.05) is 28.2 Å². The summed E-state index contributed by atoms with van der Waals surface area (Å²) in [5.41, 5.74) is 1.22. The molecule has 0 radical (unpaired) electrons. The Balaban J connectivity index is -0.0000000566. The first-order valence-electron chi connectivity index (χ1n) is 6.34. The molecule has 0 aliphatic heterocycles. The third-order valence-corrected chi connectivity index (χ3v) is 1.78. The van der Waals surface area contributed by atoms with E-state index in [1.165, 1.54) is 5.56 Å². The molecule has 0 aromatic heterocycles. The fourth-order valence-electron chi connectivity index (χ4n) is 0.891. The normalized spacial score (nSPS) is 6.73. The van der Waals surface area contributed by atoms with E-state index in [9.17, 15) is 5.11 Å². The zero-order valence-electron chi connectivity index (χ0n) is 15.1. The van der Waals surface area contributed by atoms with Gasteiger partial charge in [0.25, 0.3) is 0 Å². The van der Waals surface area contributed by atoms with Gasteiger partial charge in [-0.25, -0.2) is 0 Å². The molecule has 1 aromatic rings. The minimum absolute atomic E-state index is 0.133. The molecule has 26 heavy (non-hydrogen) atoms. The second-order valence-electron chi connectivity index (χ2n) is 5.04. The SMILES string of the molecule is C[N+](C)(C)C.[C-]#[O+].[C-]#[O+].[C-]#[O+].[C-]#[O+].[C-]#[O+].[O-][C](=[Cr])CCc1ccccc1. The summed E-state index contributed by atoms with van der Waals surface area (Å²) in [6.07, 6.45) is 1.44. The number of hydrogen-bond acceptors (Lipinski definition) is 1. The molecule has 0 atom stereocenters. The van der Waals surface area contributed by atoms with Gasteiger partial charge in [-0.2, -0.15) is 0 Å². The number of hydrogen-bond donors (Lipinski definition) is 0. The van der Waals surface area contributed by atoms with E-state index in [4.69, 9.17) is 23.3 Å². The zero-order valence-corrected chi connectivity index (χ0v) is 16.4. The maximum atomic E-state index is 10.6. The fourth-order valence-corrected chi connectivity index (χ4v) is 1.05. The third kappa shape index (κ3) is 79.4. The van der Waals surface area contributed by atoms with Gasteiger partial charge in [0.15, 0.2) is 0 Å². The predicted octanol–water partition coefficient (Wildman–Crippen LogP) is 0.791. The number of quaternary nitrogens is 1. The van der Waals surface area contributed by atoms with Crippen LogP contribution in [0.25, 0.3) is 0 Å². The Morgan fingerprint density at radius 3 is 1.31 bits per heavy atom. The number of rotatable bonds is 3. The van der Waals surface area contributed by atoms with Crippen LogP contribution in [0, 0.1) is 33.3 Å². The van der Waals surface area contributed by atoms with Crippen molar-refractivity contribution in [1.82, 2.24) is 0 Å². The quantitative estimate of drug-likeness (QED) is 0.416. The molecule has 0 saturated heterocycles. The fraction of sp³-hybridized carbons (Fsp3) is 0.333. The molecule has 0 amide bonds. The standard InChI is InChI=1S/C9H9O.C4H12N.5CO.Cr/c10-8-4-7-9-5-2-1-3-6-9;1-5(2,3)4;5*1-2;/h1-3,5-6H,4,7H2;1-4H3;;;;;;/q-1;+1;;;;;;. The van der Waals surface area contributed by atoms with Crippen molar-refractivity contribution >= 4 is 4.57 Å². The van der Waals surface area contributed by atoms with Gasteiger partial charge >= 0.3 is 131 Å². The van der Waals surface area contributed by atoms with Gasteiger partial charge in [-0.3, -0.25) is 0 Å². The molecule has 0 aliphatic rings. The molecule has 0 saturated carbocycles. The zero-order chi connectivity index (χ0) is 22.6. The Hall–Kier alpha value is -1.76. The van der Waals surface area contributed by atoms with E-state index >= 15 is 0 Å². The van der Waals surface area contributed by atoms with Crippen LogP contribution in [0.2, 0.25) is 0 Å². The summed E-state index contributed by atoms with van der Waals surface area (Å²) >= 11 is 2.47. The summed E-state index contributed by atoms with van der Waals surface area (Å²) in [4.78, 5) is 0. The number of aryl methyl sites for hydroxylation is 1. The molecule has 0 aliphatic carbocycles. The summed E-state index contributed by atoms with van der Waals surface area (Å²) in [6, 6.07) is 10.0. The van der Waals surface area contributed by atoms with Gasteiger partial charge in [-0.15, -0.1) is 0 Å². The van der Waals surface area contributed by atoms with Gasteiger partial charge in [0.05, 0.1) is 28.2 Å². The summed E-state index contributed by atoms with van der Waals surface area (Å²) in [7, 11) is 8.50. The molecule has 0 spiro atoms. The van der Waals surface area contributed by atoms with Gasteiger partial charge in [0.2, 0.25) is 0 Å². The number of nitrogens with zero attached hydrogens (tertiary/aromatic N) is 1. The van der Waals surface area contributed by atoms with Gasteiger partial charge in [-0.05, 0) is 0 Å². The van der Waals surface area contributed by atoms with Crippen LogP contribution in [0.4, 0.5) is 0 Å². The van der Waals surface area contributed by atoms with Gasteiger partial charge in [-0.1, -0.05) is 0 Å². The molecule has 0 heterocycles. The molecule has 8 heteroatoms. The second kappa shape index (κ2) is 38.7. The Bertz CT molecular complexity index is 458. The predicted molar refractivity (Wildman–Crippen MR) is 83.4 cm³/mol. The van der Waals surface area contributed by atoms with E-state index in [0.717, 1.165) is 10.9 Å². The molecule has 0 N–H and O–H groups in total. The van der Waals surface area contributed by atoms with E-state index in [1.54, 1.807) is 0 Å². The van der Waals surface area contributed by atoms with Crippen molar-refractivity contribution in [3.8, 4) is 0 Å². The van der Waals surface area contributed by atoms with Crippen molar-refractivity contribution in [2.24, 2.45) is 0 Å². The first-order chi connectivity index (χ1) is 12.3. The van der Waals surface area contributed by atoms with Crippen molar-refractivity contribution in [3.63, 3.8) is 0 Å². The molecule has 0 fully saturated rings. The molecule has 140 valence electrons. The van der Waals surface area contributed by atoms with Gasteiger partial charge in [0, 0.05) is 0 Å². The monoisotopic (exact) mass is 399 g/mol. The van der Waals surface area contributed by atoms with Gasteiger partial charge in [0.1, 0.15) is 0 Å². The van der Waals surface area contributed by atoms with Crippen molar-refractivity contribution in [2.45, 2.75) is 12.8 Å². The van der Waals surface area contributed by atoms with Crippen LogP contribution < -0.4 is 5.11 Å². The van der Waals surface area contributed by atoms with Gasteiger partial charge < -0.3 is 4.48 Å². The molecule has 0 bridgehead atoms. The Morgan fingerprint density at radius 2 is 1.08 bits per heavy atom. The van der Waals surface area contributed by atoms with Crippen LogP contribution in [-0.4, -0.2) is 37.2 Å². The van der Waals surface area contributed by atoms with Crippen molar-refractivity contribution < 1.29 is 48.7 Å². The molecular weight excluding hydrogens is 378 g/mol. The van der Waals surface area contributed by atoms with Crippen LogP contribution in [0.5, 0.6) is 0 Å². The van der Waals surface area contributed by atoms with E-state index in [1.807, 2.05) is 30.3 Å². The van der Waals surface area contributed by atoms with Crippen LogP contribution in [-0.2, 0) is 45.5 Å². The molecule has 7 nitrogen and oxygen atoms in total. The minimum atomic E-state index is 0.133. The Morgan fingerprint density at radius 1 is 0.808 bits per heavy atom. The molecule has 0 unspecified atom stereocenters. The number of benzene rings is 1. The van der Waals surface area contributed by atoms with Crippen LogP contribution in [0.1, 0.15) is 12.0 Å². The average molecular weight is 399 g/mol. The summed E-state index contributed by atoms with van der Waals surface area (Å²) in [6.45, 7) is 22.5.